The summed E-state index contributed by atoms with van der Waals surface area (Å²) in [7, 11) is 1.64. The predicted molar refractivity (Wildman–Crippen MR) is 94.6 cm³/mol. The number of methoxy groups -OCH3 is 1. The molecule has 1 aliphatic heterocycles. The number of amides is 1. The first kappa shape index (κ1) is 14.6. The van der Waals surface area contributed by atoms with Gasteiger partial charge in [-0.3, -0.25) is 4.79 Å². The Hall–Kier alpha value is -3.01. The largest absolute Gasteiger partial charge is 0.496 e. The summed E-state index contributed by atoms with van der Waals surface area (Å²) >= 11 is 0. The number of rotatable bonds is 3. The van der Waals surface area contributed by atoms with Gasteiger partial charge in [0.05, 0.1) is 12.7 Å². The van der Waals surface area contributed by atoms with Crippen LogP contribution in [0.5, 0.6) is 5.75 Å². The number of hydrogen-bond donors (Lipinski definition) is 1. The quantitative estimate of drug-likeness (QED) is 0.796. The molecular weight excluding hydrogens is 300 g/mol. The van der Waals surface area contributed by atoms with Crippen molar-refractivity contribution in [3.63, 3.8) is 0 Å². The van der Waals surface area contributed by atoms with E-state index in [0.717, 1.165) is 29.0 Å². The minimum atomic E-state index is 0.0158. The Morgan fingerprint density at radius 1 is 1.04 bits per heavy atom. The van der Waals surface area contributed by atoms with Crippen molar-refractivity contribution >= 4 is 11.6 Å². The summed E-state index contributed by atoms with van der Waals surface area (Å²) in [6.45, 7) is 0.717. The van der Waals surface area contributed by atoms with Crippen LogP contribution in [0, 0.1) is 0 Å². The number of benzene rings is 2. The monoisotopic (exact) mass is 318 g/mol. The standard InChI is InChI=1S/C20H18N2O2/c1-24-19-9-5-3-7-15(19)16-12-21-13-17(16)20(23)22-11-10-14-6-2-4-8-18(14)22/h2-9,12-13,21H,10-11H2,1H3. The van der Waals surface area contributed by atoms with E-state index in [9.17, 15) is 4.79 Å². The van der Waals surface area contributed by atoms with E-state index in [0.29, 0.717) is 12.1 Å². The zero-order chi connectivity index (χ0) is 16.5. The van der Waals surface area contributed by atoms with Crippen molar-refractivity contribution in [3.8, 4) is 16.9 Å². The van der Waals surface area contributed by atoms with E-state index < -0.39 is 0 Å². The van der Waals surface area contributed by atoms with Crippen LogP contribution in [-0.2, 0) is 6.42 Å². The second-order valence-corrected chi connectivity index (χ2v) is 5.82. The molecule has 0 bridgehead atoms. The molecule has 0 unspecified atom stereocenters. The third-order valence-electron chi connectivity index (χ3n) is 4.51. The lowest BCUT2D eigenvalue weighted by Gasteiger charge is -2.18. The first-order valence-corrected chi connectivity index (χ1v) is 7.99. The minimum absolute atomic E-state index is 0.0158. The van der Waals surface area contributed by atoms with Crippen LogP contribution in [0.2, 0.25) is 0 Å². The van der Waals surface area contributed by atoms with Crippen LogP contribution in [0.15, 0.2) is 60.9 Å². The number of para-hydroxylation sites is 2. The van der Waals surface area contributed by atoms with E-state index in [1.54, 1.807) is 13.3 Å². The second-order valence-electron chi connectivity index (χ2n) is 5.82. The van der Waals surface area contributed by atoms with Gasteiger partial charge in [0.15, 0.2) is 0 Å². The highest BCUT2D eigenvalue weighted by Crippen LogP contribution is 2.35. The van der Waals surface area contributed by atoms with Gasteiger partial charge in [0.25, 0.3) is 5.91 Å². The van der Waals surface area contributed by atoms with Crippen molar-refractivity contribution < 1.29 is 9.53 Å². The maximum atomic E-state index is 13.1. The van der Waals surface area contributed by atoms with Gasteiger partial charge in [-0.25, -0.2) is 0 Å². The number of carbonyl (C=O) groups is 1. The molecule has 4 heteroatoms. The Bertz CT molecular complexity index is 898. The molecule has 1 amide bonds. The van der Waals surface area contributed by atoms with Gasteiger partial charge in [-0.2, -0.15) is 0 Å². The molecule has 4 nitrogen and oxygen atoms in total. The van der Waals surface area contributed by atoms with Crippen LogP contribution in [0.1, 0.15) is 15.9 Å². The molecule has 0 fully saturated rings. The van der Waals surface area contributed by atoms with E-state index in [1.165, 1.54) is 5.56 Å². The molecule has 0 saturated carbocycles. The molecule has 0 spiro atoms. The first-order valence-electron chi connectivity index (χ1n) is 7.99. The van der Waals surface area contributed by atoms with E-state index in [2.05, 4.69) is 11.1 Å². The van der Waals surface area contributed by atoms with E-state index >= 15 is 0 Å². The molecule has 0 radical (unpaired) electrons. The molecule has 24 heavy (non-hydrogen) atoms. The summed E-state index contributed by atoms with van der Waals surface area (Å²) in [5, 5.41) is 0. The average molecular weight is 318 g/mol. The van der Waals surface area contributed by atoms with Crippen LogP contribution in [0.3, 0.4) is 0 Å². The molecular formula is C20H18N2O2. The van der Waals surface area contributed by atoms with Gasteiger partial charge >= 0.3 is 0 Å². The minimum Gasteiger partial charge on any atom is -0.496 e. The smallest absolute Gasteiger partial charge is 0.260 e. The predicted octanol–water partition coefficient (Wildman–Crippen LogP) is 3.89. The van der Waals surface area contributed by atoms with Gasteiger partial charge in [-0.05, 0) is 24.1 Å². The highest BCUT2D eigenvalue weighted by atomic mass is 16.5. The van der Waals surface area contributed by atoms with Crippen molar-refractivity contribution in [2.45, 2.75) is 6.42 Å². The number of nitrogens with one attached hydrogen (secondary N) is 1. The van der Waals surface area contributed by atoms with Crippen molar-refractivity contribution in [1.82, 2.24) is 4.98 Å². The van der Waals surface area contributed by atoms with E-state index in [-0.39, 0.29) is 5.91 Å². The fraction of sp³-hybridized carbons (Fsp3) is 0.150. The number of carbonyl (C=O) groups excluding carboxylic acids is 1. The molecule has 4 rings (SSSR count). The second kappa shape index (κ2) is 5.89. The fourth-order valence-electron chi connectivity index (χ4n) is 3.33. The summed E-state index contributed by atoms with van der Waals surface area (Å²) in [5.41, 5.74) is 4.67. The molecule has 1 N–H and O–H groups in total. The van der Waals surface area contributed by atoms with Crippen LogP contribution in [0.25, 0.3) is 11.1 Å². The third-order valence-corrected chi connectivity index (χ3v) is 4.51. The van der Waals surface area contributed by atoms with Crippen molar-refractivity contribution in [2.75, 3.05) is 18.6 Å². The lowest BCUT2D eigenvalue weighted by molar-refractivity contribution is 0.0990. The molecule has 0 atom stereocenters. The van der Waals surface area contributed by atoms with Crippen molar-refractivity contribution in [2.24, 2.45) is 0 Å². The Morgan fingerprint density at radius 2 is 1.83 bits per heavy atom. The summed E-state index contributed by atoms with van der Waals surface area (Å²) in [5.74, 6) is 0.773. The normalized spacial score (nSPS) is 13.0. The summed E-state index contributed by atoms with van der Waals surface area (Å²) < 4.78 is 5.45. The van der Waals surface area contributed by atoms with Crippen molar-refractivity contribution in [3.05, 3.63) is 72.1 Å². The fourth-order valence-corrected chi connectivity index (χ4v) is 3.33. The van der Waals surface area contributed by atoms with Crippen LogP contribution in [0.4, 0.5) is 5.69 Å². The molecule has 2 heterocycles. The Labute approximate surface area is 140 Å². The number of anilines is 1. The molecule has 0 aliphatic carbocycles. The number of aromatic amines is 1. The van der Waals surface area contributed by atoms with E-state index in [1.807, 2.05) is 53.6 Å². The molecule has 3 aromatic rings. The van der Waals surface area contributed by atoms with Gasteiger partial charge in [0.2, 0.25) is 0 Å². The molecule has 2 aromatic carbocycles. The molecule has 0 saturated heterocycles. The molecule has 120 valence electrons. The first-order chi connectivity index (χ1) is 11.8. The number of fused-ring (bicyclic) bond motifs is 1. The highest BCUT2D eigenvalue weighted by Gasteiger charge is 2.27. The lowest BCUT2D eigenvalue weighted by atomic mass is 10.0. The zero-order valence-electron chi connectivity index (χ0n) is 13.5. The van der Waals surface area contributed by atoms with E-state index in [4.69, 9.17) is 4.74 Å². The Morgan fingerprint density at radius 3 is 2.71 bits per heavy atom. The summed E-state index contributed by atoms with van der Waals surface area (Å²) in [6.07, 6.45) is 4.52. The number of aromatic nitrogens is 1. The molecule has 1 aromatic heterocycles. The average Bonchev–Trinajstić information content (AvgIpc) is 3.28. The van der Waals surface area contributed by atoms with Gasteiger partial charge in [-0.1, -0.05) is 36.4 Å². The number of H-pyrrole nitrogens is 1. The van der Waals surface area contributed by atoms with Gasteiger partial charge in [0.1, 0.15) is 5.75 Å². The van der Waals surface area contributed by atoms with Gasteiger partial charge in [-0.15, -0.1) is 0 Å². The van der Waals surface area contributed by atoms with Crippen molar-refractivity contribution in [1.29, 1.82) is 0 Å². The van der Waals surface area contributed by atoms with Crippen LogP contribution < -0.4 is 9.64 Å². The number of ether oxygens (including phenoxy) is 1. The summed E-state index contributed by atoms with van der Waals surface area (Å²) in [6, 6.07) is 15.8. The molecule has 1 aliphatic rings. The highest BCUT2D eigenvalue weighted by molar-refractivity contribution is 6.11. The Kier molecular flexibility index (Phi) is 3.58. The van der Waals surface area contributed by atoms with Gasteiger partial charge in [0, 0.05) is 35.8 Å². The zero-order valence-corrected chi connectivity index (χ0v) is 13.5. The van der Waals surface area contributed by atoms with Gasteiger partial charge < -0.3 is 14.6 Å². The maximum absolute atomic E-state index is 13.1. The number of hydrogen-bond acceptors (Lipinski definition) is 2. The third kappa shape index (κ3) is 2.27. The summed E-state index contributed by atoms with van der Waals surface area (Å²) in [4.78, 5) is 18.1. The SMILES string of the molecule is COc1ccccc1-c1c[nH]cc1C(=O)N1CCc2ccccc21. The number of nitrogens with zero attached hydrogens (tertiary/aromatic N) is 1. The maximum Gasteiger partial charge on any atom is 0.260 e. The van der Waals surface area contributed by atoms with Crippen LogP contribution >= 0.6 is 0 Å². The Balaban J connectivity index is 1.75. The van der Waals surface area contributed by atoms with Crippen LogP contribution in [-0.4, -0.2) is 24.5 Å². The lowest BCUT2D eigenvalue weighted by Crippen LogP contribution is -2.28. The topological polar surface area (TPSA) is 45.3 Å².